The van der Waals surface area contributed by atoms with Crippen molar-refractivity contribution in [2.75, 3.05) is 0 Å². The number of ketones is 1. The van der Waals surface area contributed by atoms with Gasteiger partial charge in [0, 0.05) is 10.4 Å². The Balaban J connectivity index is 1.89. The lowest BCUT2D eigenvalue weighted by molar-refractivity contribution is -0.140. The second-order valence-electron chi connectivity index (χ2n) is 6.73. The maximum atomic E-state index is 13.0. The molecule has 1 saturated heterocycles. The van der Waals surface area contributed by atoms with Crippen LogP contribution >= 0.6 is 34.5 Å². The van der Waals surface area contributed by atoms with Gasteiger partial charge in [-0.2, -0.15) is 0 Å². The molecule has 1 aliphatic heterocycles. The monoisotopic (exact) mass is 459 g/mol. The van der Waals surface area contributed by atoms with Crippen molar-refractivity contribution in [1.82, 2.24) is 4.90 Å². The topological polar surface area (TPSA) is 77.8 Å². The Kier molecular flexibility index (Phi) is 5.56. The van der Waals surface area contributed by atoms with Crippen LogP contribution < -0.4 is 0 Å². The highest BCUT2D eigenvalue weighted by atomic mass is 35.5. The molecule has 0 bridgehead atoms. The van der Waals surface area contributed by atoms with Crippen molar-refractivity contribution >= 4 is 52.0 Å². The van der Waals surface area contributed by atoms with E-state index in [0.717, 1.165) is 4.88 Å². The molecule has 4 rings (SSSR count). The molecule has 30 heavy (non-hydrogen) atoms. The fourth-order valence-corrected chi connectivity index (χ4v) is 4.45. The molecule has 1 aliphatic rings. The number of Topliss-reactive ketones (excluding diaryl/α,β-unsaturated/α-hetero) is 1. The fraction of sp³-hybridized carbons (Fsp3) is 0.0909. The van der Waals surface area contributed by atoms with Crippen LogP contribution in [-0.2, 0) is 16.1 Å². The van der Waals surface area contributed by atoms with E-state index in [-0.39, 0.29) is 34.2 Å². The van der Waals surface area contributed by atoms with E-state index in [1.807, 2.05) is 17.5 Å². The number of phenols is 1. The molecule has 0 aliphatic carbocycles. The van der Waals surface area contributed by atoms with Crippen LogP contribution in [0.4, 0.5) is 0 Å². The highest BCUT2D eigenvalue weighted by Gasteiger charge is 2.46. The molecule has 0 saturated carbocycles. The Labute approximate surface area is 186 Å². The van der Waals surface area contributed by atoms with Gasteiger partial charge in [-0.05, 0) is 47.3 Å². The van der Waals surface area contributed by atoms with E-state index in [1.165, 1.54) is 46.6 Å². The summed E-state index contributed by atoms with van der Waals surface area (Å²) in [5.41, 5.74) is 0.705. The van der Waals surface area contributed by atoms with Gasteiger partial charge in [0.25, 0.3) is 11.7 Å². The molecule has 1 atom stereocenters. The van der Waals surface area contributed by atoms with E-state index >= 15 is 0 Å². The van der Waals surface area contributed by atoms with Crippen LogP contribution in [0.3, 0.4) is 0 Å². The van der Waals surface area contributed by atoms with Crippen LogP contribution in [-0.4, -0.2) is 26.8 Å². The van der Waals surface area contributed by atoms with Crippen molar-refractivity contribution in [1.29, 1.82) is 0 Å². The first-order valence-electron chi connectivity index (χ1n) is 8.92. The van der Waals surface area contributed by atoms with E-state index in [9.17, 15) is 19.8 Å². The van der Waals surface area contributed by atoms with Gasteiger partial charge in [-0.1, -0.05) is 41.4 Å². The number of aromatic hydroxyl groups is 1. The number of aliphatic hydroxyl groups excluding tert-OH is 1. The SMILES string of the molecule is O=C1C(=O)N(Cc2cccs2)C(c2cccc(O)c2)/C1=C(/O)c1ccc(Cl)c(Cl)c1. The molecule has 2 N–H and O–H groups in total. The van der Waals surface area contributed by atoms with Gasteiger partial charge in [-0.15, -0.1) is 11.3 Å². The number of carbonyl (C=O) groups excluding carboxylic acids is 2. The smallest absolute Gasteiger partial charge is 0.295 e. The molecular formula is C22H15Cl2NO4S. The number of hydrogen-bond acceptors (Lipinski definition) is 5. The lowest BCUT2D eigenvalue weighted by Crippen LogP contribution is -2.28. The van der Waals surface area contributed by atoms with E-state index in [2.05, 4.69) is 0 Å². The summed E-state index contributed by atoms with van der Waals surface area (Å²) in [5, 5.41) is 23.3. The maximum Gasteiger partial charge on any atom is 0.295 e. The van der Waals surface area contributed by atoms with Crippen molar-refractivity contribution < 1.29 is 19.8 Å². The molecule has 0 spiro atoms. The van der Waals surface area contributed by atoms with Crippen molar-refractivity contribution in [3.8, 4) is 5.75 Å². The first-order chi connectivity index (χ1) is 14.4. The maximum absolute atomic E-state index is 13.0. The van der Waals surface area contributed by atoms with Gasteiger partial charge in [-0.25, -0.2) is 0 Å². The first kappa shape index (κ1) is 20.5. The number of thiophene rings is 1. The number of nitrogens with zero attached hydrogens (tertiary/aromatic N) is 1. The van der Waals surface area contributed by atoms with Gasteiger partial charge in [0.05, 0.1) is 28.2 Å². The Hall–Kier alpha value is -2.80. The van der Waals surface area contributed by atoms with Crippen molar-refractivity contribution in [3.63, 3.8) is 0 Å². The predicted molar refractivity (Wildman–Crippen MR) is 117 cm³/mol. The second kappa shape index (κ2) is 8.14. The number of amides is 1. The number of benzene rings is 2. The van der Waals surface area contributed by atoms with E-state index in [1.54, 1.807) is 12.1 Å². The van der Waals surface area contributed by atoms with Crippen molar-refractivity contribution in [2.45, 2.75) is 12.6 Å². The number of hydrogen-bond donors (Lipinski definition) is 2. The molecule has 1 unspecified atom stereocenters. The van der Waals surface area contributed by atoms with Crippen molar-refractivity contribution in [2.24, 2.45) is 0 Å². The summed E-state index contributed by atoms with van der Waals surface area (Å²) in [6.45, 7) is 0.195. The van der Waals surface area contributed by atoms with E-state index < -0.39 is 17.7 Å². The third kappa shape index (κ3) is 3.69. The molecule has 0 radical (unpaired) electrons. The van der Waals surface area contributed by atoms with Crippen LogP contribution in [0.2, 0.25) is 10.0 Å². The van der Waals surface area contributed by atoms with E-state index in [4.69, 9.17) is 23.2 Å². The molecule has 8 heteroatoms. The van der Waals surface area contributed by atoms with Crippen LogP contribution in [0.15, 0.2) is 65.6 Å². The minimum Gasteiger partial charge on any atom is -0.508 e. The second-order valence-corrected chi connectivity index (χ2v) is 8.58. The molecule has 2 aromatic carbocycles. The highest BCUT2D eigenvalue weighted by Crippen LogP contribution is 2.41. The Morgan fingerprint density at radius 2 is 1.83 bits per heavy atom. The predicted octanol–water partition coefficient (Wildman–Crippen LogP) is 5.38. The molecule has 152 valence electrons. The van der Waals surface area contributed by atoms with E-state index in [0.29, 0.717) is 10.6 Å². The molecule has 3 aromatic rings. The van der Waals surface area contributed by atoms with Crippen LogP contribution in [0.1, 0.15) is 22.0 Å². The minimum absolute atomic E-state index is 0.0104. The molecule has 1 fully saturated rings. The summed E-state index contributed by atoms with van der Waals surface area (Å²) in [6.07, 6.45) is 0. The number of phenolic OH excluding ortho intramolecular Hbond substituents is 1. The third-order valence-electron chi connectivity index (χ3n) is 4.83. The van der Waals surface area contributed by atoms with Gasteiger partial charge in [0.2, 0.25) is 0 Å². The van der Waals surface area contributed by atoms with Gasteiger partial charge < -0.3 is 15.1 Å². The number of rotatable bonds is 4. The number of carbonyl (C=O) groups is 2. The lowest BCUT2D eigenvalue weighted by Gasteiger charge is -2.25. The fourth-order valence-electron chi connectivity index (χ4n) is 3.45. The zero-order chi connectivity index (χ0) is 21.4. The van der Waals surface area contributed by atoms with Crippen molar-refractivity contribution in [3.05, 3.63) is 91.6 Å². The van der Waals surface area contributed by atoms with Gasteiger partial charge in [0.15, 0.2) is 0 Å². The van der Waals surface area contributed by atoms with Gasteiger partial charge in [0.1, 0.15) is 11.5 Å². The Morgan fingerprint density at radius 1 is 1.03 bits per heavy atom. The molecular weight excluding hydrogens is 445 g/mol. The summed E-state index contributed by atoms with van der Waals surface area (Å²) in [4.78, 5) is 28.1. The normalized spacial score (nSPS) is 18.2. The first-order valence-corrected chi connectivity index (χ1v) is 10.6. The average molecular weight is 460 g/mol. The summed E-state index contributed by atoms with van der Waals surface area (Å²) < 4.78 is 0. The number of aliphatic hydroxyl groups is 1. The van der Waals surface area contributed by atoms with Crippen LogP contribution in [0, 0.1) is 0 Å². The summed E-state index contributed by atoms with van der Waals surface area (Å²) in [6, 6.07) is 13.6. The van der Waals surface area contributed by atoms with Crippen LogP contribution in [0.25, 0.3) is 5.76 Å². The summed E-state index contributed by atoms with van der Waals surface area (Å²) >= 11 is 13.5. The Bertz CT molecular complexity index is 1170. The van der Waals surface area contributed by atoms with Crippen LogP contribution in [0.5, 0.6) is 5.75 Å². The van der Waals surface area contributed by atoms with Gasteiger partial charge in [-0.3, -0.25) is 9.59 Å². The number of halogens is 2. The third-order valence-corrected chi connectivity index (χ3v) is 6.43. The lowest BCUT2D eigenvalue weighted by atomic mass is 9.95. The number of likely N-dealkylation sites (tertiary alicyclic amines) is 1. The highest BCUT2D eigenvalue weighted by molar-refractivity contribution is 7.09. The zero-order valence-electron chi connectivity index (χ0n) is 15.4. The average Bonchev–Trinajstić information content (AvgIpc) is 3.32. The standard InChI is InChI=1S/C22H15Cl2NO4S/c23-16-7-6-13(10-17(16)24)20(27)18-19(12-3-1-4-14(26)9-12)25(22(29)21(18)28)11-15-5-2-8-30-15/h1-10,19,26-27H,11H2/b20-18-. The summed E-state index contributed by atoms with van der Waals surface area (Å²) in [7, 11) is 0. The molecule has 1 amide bonds. The molecule has 1 aromatic heterocycles. The molecule has 5 nitrogen and oxygen atoms in total. The Morgan fingerprint density at radius 3 is 2.50 bits per heavy atom. The zero-order valence-corrected chi connectivity index (χ0v) is 17.7. The minimum atomic E-state index is -0.867. The largest absolute Gasteiger partial charge is 0.508 e. The quantitative estimate of drug-likeness (QED) is 0.311. The van der Waals surface area contributed by atoms with Gasteiger partial charge >= 0.3 is 0 Å². The summed E-state index contributed by atoms with van der Waals surface area (Å²) in [5.74, 6) is -1.89. The molecule has 2 heterocycles.